The van der Waals surface area contributed by atoms with Gasteiger partial charge < -0.3 is 34.9 Å². The van der Waals surface area contributed by atoms with E-state index < -0.39 is 121 Å². The first kappa shape index (κ1) is 62.6. The Morgan fingerprint density at radius 3 is 1.95 bits per heavy atom. The lowest BCUT2D eigenvalue weighted by Crippen LogP contribution is -2.68. The number of hydrogen-bond acceptors (Lipinski definition) is 13. The quantitative estimate of drug-likeness (QED) is 0.0295. The van der Waals surface area contributed by atoms with Gasteiger partial charge in [-0.3, -0.25) is 24.7 Å². The van der Waals surface area contributed by atoms with Crippen LogP contribution in [0.5, 0.6) is 0 Å². The van der Waals surface area contributed by atoms with Gasteiger partial charge in [-0.05, 0) is 88.1 Å². The van der Waals surface area contributed by atoms with Crippen molar-refractivity contribution in [3.63, 3.8) is 0 Å². The van der Waals surface area contributed by atoms with Gasteiger partial charge in [0.2, 0.25) is 11.8 Å². The average molecular weight is 1170 g/mol. The molecule has 2 unspecified atom stereocenters. The largest absolute Gasteiger partial charge is 0.469 e. The fourth-order valence-electron chi connectivity index (χ4n) is 10.3. The second kappa shape index (κ2) is 24.8. The minimum atomic E-state index is -5.17. The molecule has 0 radical (unpaired) electrons. The van der Waals surface area contributed by atoms with E-state index in [0.29, 0.717) is 81.3 Å². The maximum atomic E-state index is 16.1. The van der Waals surface area contributed by atoms with Gasteiger partial charge in [0.1, 0.15) is 23.5 Å². The SMILES string of the molecule is COC(=O)C[C@H](C(=O)NN(Cc1c(F)cc(-c2ccn(C(F)F)n2)cc1F)C[C@H](O)[C@H](Cc1ccc(C#Cc2ccc(N3CC4CCC(C3)N4C3(C)COC3)nc2)cc1)NC(=O)[C@@H](NC(=O)OC)C(C)(C)C(F)(F)F)C(C)(C)C(F)(F)F. The number of methoxy groups -OCH3 is 2. The molecule has 7 rings (SSSR count). The molecule has 0 spiro atoms. The van der Waals surface area contributed by atoms with Crippen LogP contribution in [0.1, 0.15) is 82.7 Å². The van der Waals surface area contributed by atoms with Crippen molar-refractivity contribution >= 4 is 29.7 Å². The number of carbonyl (C=O) groups is 4. The van der Waals surface area contributed by atoms with Crippen molar-refractivity contribution in [2.45, 2.75) is 122 Å². The van der Waals surface area contributed by atoms with E-state index in [-0.39, 0.29) is 27.0 Å². The number of nitrogens with zero attached hydrogens (tertiary/aromatic N) is 6. The molecule has 3 aliphatic heterocycles. The first-order valence-corrected chi connectivity index (χ1v) is 25.9. The highest BCUT2D eigenvalue weighted by atomic mass is 19.4. The lowest BCUT2D eigenvalue weighted by atomic mass is 9.75. The summed E-state index contributed by atoms with van der Waals surface area (Å²) >= 11 is 0. The van der Waals surface area contributed by atoms with Crippen LogP contribution in [-0.2, 0) is 41.6 Å². The molecule has 0 aliphatic carbocycles. The Kier molecular flexibility index (Phi) is 18.9. The number of aliphatic hydroxyl groups excluding tert-OH is 1. The van der Waals surface area contributed by atoms with Crippen molar-refractivity contribution in [3.05, 3.63) is 101 Å². The third-order valence-corrected chi connectivity index (χ3v) is 15.5. The van der Waals surface area contributed by atoms with E-state index in [0.717, 1.165) is 58.2 Å². The van der Waals surface area contributed by atoms with E-state index in [1.165, 1.54) is 12.1 Å². The minimum Gasteiger partial charge on any atom is -0.469 e. The number of fused-ring (bicyclic) bond motifs is 2. The van der Waals surface area contributed by atoms with Crippen LogP contribution in [0.4, 0.5) is 54.5 Å². The number of aromatic nitrogens is 3. The second-order valence-corrected chi connectivity index (χ2v) is 22.0. The fourth-order valence-corrected chi connectivity index (χ4v) is 10.3. The number of benzene rings is 2. The number of pyridine rings is 1. The standard InChI is InChI=1S/C55H63F10N9O8/c1-51(2,54(60,61)62)38(23-45(76)80-6)47(77)70-72(27-37-39(56)21-34(22-40(37)57)41-18-19-73(69-41)49(58)59)28-43(75)42(67-48(78)46(68-50(79)81-7)52(3,4)55(63,64)65)20-32-11-8-31(9-12-32)10-13-33-14-17-44(66-24-33)71-25-35-15-16-36(26-71)74(35)53(5)29-82-30-53/h8-9,11-12,14,17-19,21-22,24,35-36,38,42-43,46,49,75H,15-16,20,23,25-30H2,1-7H3,(H,67,78)(H,68,79)(H,70,77)/t35?,36?,38-,42+,43+,46-/m1/s1. The van der Waals surface area contributed by atoms with Crippen molar-refractivity contribution in [2.24, 2.45) is 16.7 Å². The molecule has 2 aromatic carbocycles. The molecule has 6 atom stereocenters. The van der Waals surface area contributed by atoms with Crippen molar-refractivity contribution in [1.82, 2.24) is 40.7 Å². The third kappa shape index (κ3) is 14.1. The number of aliphatic hydroxyl groups is 1. The monoisotopic (exact) mass is 1170 g/mol. The van der Waals surface area contributed by atoms with Gasteiger partial charge in [0.25, 0.3) is 0 Å². The fraction of sp³-hybridized carbons (Fsp3) is 0.527. The van der Waals surface area contributed by atoms with Crippen LogP contribution in [0.25, 0.3) is 11.3 Å². The summed E-state index contributed by atoms with van der Waals surface area (Å²) in [5.74, 6) is -2.63. The molecule has 2 aromatic heterocycles. The zero-order valence-electron chi connectivity index (χ0n) is 45.7. The summed E-state index contributed by atoms with van der Waals surface area (Å²) in [6, 6.07) is 8.77. The zero-order valence-corrected chi connectivity index (χ0v) is 45.7. The molecule has 82 heavy (non-hydrogen) atoms. The topological polar surface area (TPSA) is 193 Å². The molecule has 4 N–H and O–H groups in total. The first-order valence-electron chi connectivity index (χ1n) is 25.9. The summed E-state index contributed by atoms with van der Waals surface area (Å²) in [6.07, 6.45) is -10.9. The van der Waals surface area contributed by atoms with Crippen LogP contribution in [0.15, 0.2) is 67.0 Å². The van der Waals surface area contributed by atoms with Crippen LogP contribution in [-0.4, -0.2) is 149 Å². The minimum absolute atomic E-state index is 0.0435. The molecule has 17 nitrogen and oxygen atoms in total. The zero-order chi connectivity index (χ0) is 60.3. The number of carbonyl (C=O) groups excluding carboxylic acids is 4. The van der Waals surface area contributed by atoms with E-state index in [9.17, 15) is 59.4 Å². The molecule has 3 aliphatic rings. The number of piperazine rings is 1. The van der Waals surface area contributed by atoms with Crippen molar-refractivity contribution in [3.8, 4) is 23.1 Å². The van der Waals surface area contributed by atoms with Crippen LogP contribution in [0.2, 0.25) is 0 Å². The number of nitrogens with one attached hydrogen (secondary N) is 3. The number of rotatable bonds is 20. The highest BCUT2D eigenvalue weighted by Crippen LogP contribution is 2.46. The smallest absolute Gasteiger partial charge is 0.407 e. The normalized spacial score (nSPS) is 18.9. The Morgan fingerprint density at radius 1 is 0.841 bits per heavy atom. The maximum absolute atomic E-state index is 16.1. The van der Waals surface area contributed by atoms with E-state index in [1.54, 1.807) is 18.3 Å². The molecule has 446 valence electrons. The van der Waals surface area contributed by atoms with Gasteiger partial charge in [0.05, 0.1) is 74.0 Å². The highest BCUT2D eigenvalue weighted by molar-refractivity contribution is 5.87. The van der Waals surface area contributed by atoms with Gasteiger partial charge in [0, 0.05) is 72.9 Å². The lowest BCUT2D eigenvalue weighted by Gasteiger charge is -2.54. The third-order valence-electron chi connectivity index (χ3n) is 15.5. The summed E-state index contributed by atoms with van der Waals surface area (Å²) in [7, 11) is 1.67. The summed E-state index contributed by atoms with van der Waals surface area (Å²) in [5, 5.41) is 20.4. The molecule has 2 bridgehead atoms. The maximum Gasteiger partial charge on any atom is 0.407 e. The molecule has 5 heterocycles. The molecule has 27 heteroatoms. The predicted octanol–water partition coefficient (Wildman–Crippen LogP) is 7.46. The average Bonchev–Trinajstić information content (AvgIpc) is 4.06. The van der Waals surface area contributed by atoms with Crippen LogP contribution < -0.4 is 21.0 Å². The summed E-state index contributed by atoms with van der Waals surface area (Å²) in [4.78, 5) is 62.7. The van der Waals surface area contributed by atoms with Crippen LogP contribution in [0.3, 0.4) is 0 Å². The Bertz CT molecular complexity index is 2960. The molecule has 3 amide bonds. The van der Waals surface area contributed by atoms with Gasteiger partial charge in [-0.25, -0.2) is 28.3 Å². The van der Waals surface area contributed by atoms with Crippen molar-refractivity contribution < 1.29 is 82.4 Å². The molecule has 0 saturated carbocycles. The summed E-state index contributed by atoms with van der Waals surface area (Å²) in [5.41, 5.74) is -4.14. The number of esters is 1. The van der Waals surface area contributed by atoms with Crippen LogP contribution in [0, 0.1) is 40.2 Å². The first-order chi connectivity index (χ1) is 38.3. The number of hydrazine groups is 1. The predicted molar refractivity (Wildman–Crippen MR) is 275 cm³/mol. The van der Waals surface area contributed by atoms with Gasteiger partial charge in [-0.15, -0.1) is 0 Å². The number of ether oxygens (including phenoxy) is 3. The number of alkyl halides is 8. The van der Waals surface area contributed by atoms with Gasteiger partial charge in [-0.2, -0.15) is 40.2 Å². The number of halogens is 10. The molecular weight excluding hydrogens is 1100 g/mol. The van der Waals surface area contributed by atoms with Crippen molar-refractivity contribution in [1.29, 1.82) is 0 Å². The van der Waals surface area contributed by atoms with E-state index >= 15 is 8.78 Å². The lowest BCUT2D eigenvalue weighted by molar-refractivity contribution is -0.231. The molecule has 3 saturated heterocycles. The molecule has 3 fully saturated rings. The number of amides is 3. The molecular formula is C55H63F10N9O8. The van der Waals surface area contributed by atoms with Gasteiger partial charge in [-0.1, -0.05) is 37.8 Å². The molecule has 4 aromatic rings. The van der Waals surface area contributed by atoms with Crippen LogP contribution >= 0.6 is 0 Å². The number of hydrogen-bond donors (Lipinski definition) is 4. The Labute approximate surface area is 466 Å². The highest BCUT2D eigenvalue weighted by Gasteiger charge is 2.57. The van der Waals surface area contributed by atoms with E-state index in [1.807, 2.05) is 17.4 Å². The van der Waals surface area contributed by atoms with Gasteiger partial charge in [0.15, 0.2) is 0 Å². The van der Waals surface area contributed by atoms with E-state index in [2.05, 4.69) is 53.9 Å². The number of anilines is 1. The van der Waals surface area contributed by atoms with Gasteiger partial charge >= 0.3 is 31.0 Å². The summed E-state index contributed by atoms with van der Waals surface area (Å²) < 4.78 is 161. The Balaban J connectivity index is 1.18. The Hall–Kier alpha value is -7.02. The van der Waals surface area contributed by atoms with Crippen molar-refractivity contribution in [2.75, 3.05) is 52.0 Å². The van der Waals surface area contributed by atoms with E-state index in [4.69, 9.17) is 9.72 Å². The second-order valence-electron chi connectivity index (χ2n) is 22.0. The number of alkyl carbamates (subject to hydrolysis) is 1. The Morgan fingerprint density at radius 2 is 1.44 bits per heavy atom. The summed E-state index contributed by atoms with van der Waals surface area (Å²) in [6.45, 7) is 2.38.